The number of carbonyl (C=O) groups excluding carboxylic acids is 1. The number of hydrogen-bond acceptors (Lipinski definition) is 2. The first-order valence-corrected chi connectivity index (χ1v) is 4.11. The van der Waals surface area contributed by atoms with Crippen molar-refractivity contribution in [2.24, 2.45) is 5.41 Å². The van der Waals surface area contributed by atoms with E-state index in [-0.39, 0.29) is 17.6 Å². The lowest BCUT2D eigenvalue weighted by Gasteiger charge is -2.34. The average molecular weight is 173 g/mol. The molecule has 0 radical (unpaired) electrons. The van der Waals surface area contributed by atoms with Crippen molar-refractivity contribution in [2.45, 2.75) is 33.7 Å². The molecule has 0 saturated carbocycles. The SMILES string of the molecule is COC(=O)N(C)C(C)C(C)(C)C. The summed E-state index contributed by atoms with van der Waals surface area (Å²) < 4.78 is 4.62. The van der Waals surface area contributed by atoms with Crippen molar-refractivity contribution in [2.75, 3.05) is 14.2 Å². The van der Waals surface area contributed by atoms with Crippen LogP contribution in [-0.2, 0) is 4.74 Å². The van der Waals surface area contributed by atoms with E-state index in [1.54, 1.807) is 11.9 Å². The summed E-state index contributed by atoms with van der Waals surface area (Å²) in [5.74, 6) is 0. The molecule has 1 unspecified atom stereocenters. The molecule has 1 amide bonds. The normalized spacial score (nSPS) is 13.8. The van der Waals surface area contributed by atoms with E-state index in [1.165, 1.54) is 7.11 Å². The molecule has 0 bridgehead atoms. The van der Waals surface area contributed by atoms with Crippen LogP contribution in [0.2, 0.25) is 0 Å². The molecule has 3 heteroatoms. The van der Waals surface area contributed by atoms with Gasteiger partial charge in [0.2, 0.25) is 0 Å². The minimum atomic E-state index is -0.280. The van der Waals surface area contributed by atoms with Crippen LogP contribution in [0.4, 0.5) is 4.79 Å². The topological polar surface area (TPSA) is 29.5 Å². The zero-order valence-corrected chi connectivity index (χ0v) is 8.84. The van der Waals surface area contributed by atoms with Gasteiger partial charge >= 0.3 is 6.09 Å². The third kappa shape index (κ3) is 2.72. The molecule has 0 fully saturated rings. The second-order valence-electron chi connectivity index (χ2n) is 4.12. The molecule has 0 heterocycles. The van der Waals surface area contributed by atoms with Gasteiger partial charge in [-0.25, -0.2) is 4.79 Å². The van der Waals surface area contributed by atoms with Crippen LogP contribution in [-0.4, -0.2) is 31.2 Å². The Hall–Kier alpha value is -0.730. The van der Waals surface area contributed by atoms with Gasteiger partial charge in [-0.15, -0.1) is 0 Å². The Labute approximate surface area is 74.7 Å². The lowest BCUT2D eigenvalue weighted by atomic mass is 9.87. The monoisotopic (exact) mass is 173 g/mol. The first-order chi connectivity index (χ1) is 5.30. The van der Waals surface area contributed by atoms with Crippen molar-refractivity contribution < 1.29 is 9.53 Å². The Morgan fingerprint density at radius 3 is 2.08 bits per heavy atom. The van der Waals surface area contributed by atoms with Gasteiger partial charge in [-0.1, -0.05) is 20.8 Å². The predicted molar refractivity (Wildman–Crippen MR) is 49.1 cm³/mol. The summed E-state index contributed by atoms with van der Waals surface area (Å²) in [7, 11) is 3.15. The fraction of sp³-hybridized carbons (Fsp3) is 0.889. The molecule has 0 aliphatic rings. The lowest BCUT2D eigenvalue weighted by molar-refractivity contribution is 0.0911. The molecule has 0 spiro atoms. The molecule has 0 aliphatic carbocycles. The summed E-state index contributed by atoms with van der Waals surface area (Å²) in [6, 6.07) is 0.171. The number of methoxy groups -OCH3 is 1. The van der Waals surface area contributed by atoms with Gasteiger partial charge in [0, 0.05) is 13.1 Å². The van der Waals surface area contributed by atoms with Gasteiger partial charge in [0.15, 0.2) is 0 Å². The highest BCUT2D eigenvalue weighted by Crippen LogP contribution is 2.23. The van der Waals surface area contributed by atoms with E-state index in [0.717, 1.165) is 0 Å². The standard InChI is InChI=1S/C9H19NO2/c1-7(9(2,3)4)10(5)8(11)12-6/h7H,1-6H3. The zero-order chi connectivity index (χ0) is 9.94. The maximum Gasteiger partial charge on any atom is 0.409 e. The Morgan fingerprint density at radius 1 is 1.42 bits per heavy atom. The maximum absolute atomic E-state index is 11.1. The Balaban J connectivity index is 4.29. The van der Waals surface area contributed by atoms with Crippen molar-refractivity contribution >= 4 is 6.09 Å². The van der Waals surface area contributed by atoms with Gasteiger partial charge in [0.1, 0.15) is 0 Å². The van der Waals surface area contributed by atoms with Crippen LogP contribution in [0.25, 0.3) is 0 Å². The van der Waals surface area contributed by atoms with Gasteiger partial charge < -0.3 is 9.64 Å². The summed E-state index contributed by atoms with van der Waals surface area (Å²) in [5, 5.41) is 0. The smallest absolute Gasteiger partial charge is 0.409 e. The van der Waals surface area contributed by atoms with Crippen LogP contribution < -0.4 is 0 Å². The number of rotatable bonds is 1. The maximum atomic E-state index is 11.1. The number of amides is 1. The lowest BCUT2D eigenvalue weighted by Crippen LogP contribution is -2.42. The molecule has 0 saturated heterocycles. The van der Waals surface area contributed by atoms with Crippen molar-refractivity contribution in [1.82, 2.24) is 4.90 Å². The highest BCUT2D eigenvalue weighted by Gasteiger charge is 2.27. The molecule has 0 aromatic rings. The van der Waals surface area contributed by atoms with Gasteiger partial charge in [0.05, 0.1) is 7.11 Å². The summed E-state index contributed by atoms with van der Waals surface area (Å²) in [5.41, 5.74) is 0.0863. The van der Waals surface area contributed by atoms with E-state index in [1.807, 2.05) is 6.92 Å². The Morgan fingerprint density at radius 2 is 1.83 bits per heavy atom. The largest absolute Gasteiger partial charge is 0.453 e. The van der Waals surface area contributed by atoms with Gasteiger partial charge in [-0.3, -0.25) is 0 Å². The zero-order valence-electron chi connectivity index (χ0n) is 8.84. The number of ether oxygens (including phenoxy) is 1. The van der Waals surface area contributed by atoms with Crippen molar-refractivity contribution in [3.8, 4) is 0 Å². The van der Waals surface area contributed by atoms with Crippen molar-refractivity contribution in [3.63, 3.8) is 0 Å². The molecule has 12 heavy (non-hydrogen) atoms. The minimum absolute atomic E-state index is 0.0863. The summed E-state index contributed by atoms with van der Waals surface area (Å²) in [4.78, 5) is 12.7. The van der Waals surface area contributed by atoms with Gasteiger partial charge in [0.25, 0.3) is 0 Å². The van der Waals surface area contributed by atoms with E-state index in [0.29, 0.717) is 0 Å². The highest BCUT2D eigenvalue weighted by molar-refractivity contribution is 5.67. The average Bonchev–Trinajstić information content (AvgIpc) is 1.98. The molecular formula is C9H19NO2. The second kappa shape index (κ2) is 3.78. The first kappa shape index (κ1) is 11.3. The van der Waals surface area contributed by atoms with Crippen LogP contribution >= 0.6 is 0 Å². The fourth-order valence-corrected chi connectivity index (χ4v) is 0.883. The molecule has 0 aliphatic heterocycles. The molecule has 72 valence electrons. The molecule has 0 N–H and O–H groups in total. The fourth-order valence-electron chi connectivity index (χ4n) is 0.883. The van der Waals surface area contributed by atoms with Crippen molar-refractivity contribution in [1.29, 1.82) is 0 Å². The predicted octanol–water partition coefficient (Wildman–Crippen LogP) is 2.12. The van der Waals surface area contributed by atoms with Crippen LogP contribution in [0.3, 0.4) is 0 Å². The number of carbonyl (C=O) groups is 1. The van der Waals surface area contributed by atoms with E-state index in [4.69, 9.17) is 0 Å². The molecular weight excluding hydrogens is 154 g/mol. The summed E-state index contributed by atoms with van der Waals surface area (Å²) in [6.07, 6.45) is -0.280. The number of hydrogen-bond donors (Lipinski definition) is 0. The molecule has 1 atom stereocenters. The van der Waals surface area contributed by atoms with Gasteiger partial charge in [-0.2, -0.15) is 0 Å². The van der Waals surface area contributed by atoms with Crippen LogP contribution in [0.15, 0.2) is 0 Å². The molecule has 0 aromatic carbocycles. The minimum Gasteiger partial charge on any atom is -0.453 e. The third-order valence-corrected chi connectivity index (χ3v) is 2.30. The van der Waals surface area contributed by atoms with Crippen LogP contribution in [0.5, 0.6) is 0 Å². The van der Waals surface area contributed by atoms with E-state index in [9.17, 15) is 4.79 Å². The molecule has 3 nitrogen and oxygen atoms in total. The van der Waals surface area contributed by atoms with E-state index in [2.05, 4.69) is 25.5 Å². The second-order valence-corrected chi connectivity index (χ2v) is 4.12. The quantitative estimate of drug-likeness (QED) is 0.608. The Kier molecular flexibility index (Phi) is 3.55. The number of nitrogens with zero attached hydrogens (tertiary/aromatic N) is 1. The van der Waals surface area contributed by atoms with Gasteiger partial charge in [-0.05, 0) is 12.3 Å². The summed E-state index contributed by atoms with van der Waals surface area (Å²) >= 11 is 0. The van der Waals surface area contributed by atoms with Crippen molar-refractivity contribution in [3.05, 3.63) is 0 Å². The Bertz CT molecular complexity index is 160. The first-order valence-electron chi connectivity index (χ1n) is 4.11. The molecule has 0 aromatic heterocycles. The van der Waals surface area contributed by atoms with E-state index < -0.39 is 0 Å². The summed E-state index contributed by atoms with van der Waals surface area (Å²) in [6.45, 7) is 8.29. The highest BCUT2D eigenvalue weighted by atomic mass is 16.5. The third-order valence-electron chi connectivity index (χ3n) is 2.30. The van der Waals surface area contributed by atoms with Crippen LogP contribution in [0, 0.1) is 5.41 Å². The van der Waals surface area contributed by atoms with Crippen LogP contribution in [0.1, 0.15) is 27.7 Å². The van der Waals surface area contributed by atoms with E-state index >= 15 is 0 Å². The molecule has 0 rings (SSSR count).